The van der Waals surface area contributed by atoms with Crippen LogP contribution in [0.1, 0.15) is 30.5 Å². The number of benzene rings is 2. The number of thiazole rings is 1. The van der Waals surface area contributed by atoms with Crippen LogP contribution in [0.2, 0.25) is 0 Å². The van der Waals surface area contributed by atoms with Gasteiger partial charge in [0.05, 0.1) is 16.3 Å². The van der Waals surface area contributed by atoms with Gasteiger partial charge in [0.25, 0.3) is 5.91 Å². The third-order valence-electron chi connectivity index (χ3n) is 4.61. The molecule has 0 saturated carbocycles. The topological polar surface area (TPSA) is 68.7 Å². The van der Waals surface area contributed by atoms with Gasteiger partial charge in [0.1, 0.15) is 10.8 Å². The van der Waals surface area contributed by atoms with E-state index in [1.807, 2.05) is 56.3 Å². The average molecular weight is 413 g/mol. The van der Waals surface area contributed by atoms with Gasteiger partial charge >= 0.3 is 5.97 Å². The van der Waals surface area contributed by atoms with Crippen molar-refractivity contribution in [1.82, 2.24) is 9.88 Å². The van der Waals surface area contributed by atoms with Crippen molar-refractivity contribution in [3.63, 3.8) is 0 Å². The summed E-state index contributed by atoms with van der Waals surface area (Å²) in [6, 6.07) is 15.0. The zero-order valence-electron chi connectivity index (χ0n) is 16.9. The lowest BCUT2D eigenvalue weighted by molar-refractivity contribution is -0.157. The zero-order valence-corrected chi connectivity index (χ0v) is 17.7. The number of ether oxygens (including phenoxy) is 2. The highest BCUT2D eigenvalue weighted by Crippen LogP contribution is 2.28. The van der Waals surface area contributed by atoms with Gasteiger partial charge < -0.3 is 14.4 Å². The van der Waals surface area contributed by atoms with Gasteiger partial charge in [-0.05, 0) is 50.6 Å². The molecule has 0 aliphatic rings. The number of carbonyl (C=O) groups excluding carboxylic acids is 2. The van der Waals surface area contributed by atoms with Gasteiger partial charge in [-0.25, -0.2) is 9.78 Å². The first-order valence-corrected chi connectivity index (χ1v) is 10.2. The normalized spacial score (nSPS) is 13.0. The van der Waals surface area contributed by atoms with Crippen molar-refractivity contribution >= 4 is 33.4 Å². The lowest BCUT2D eigenvalue weighted by atomic mass is 10.2. The maximum Gasteiger partial charge on any atom is 0.347 e. The number of rotatable bonds is 7. The van der Waals surface area contributed by atoms with Crippen LogP contribution < -0.4 is 4.74 Å². The van der Waals surface area contributed by atoms with Crippen molar-refractivity contribution in [2.24, 2.45) is 0 Å². The Labute approximate surface area is 174 Å². The second-order valence-electron chi connectivity index (χ2n) is 6.88. The number of aromatic nitrogens is 1. The van der Waals surface area contributed by atoms with E-state index in [0.29, 0.717) is 5.75 Å². The molecule has 0 bridgehead atoms. The number of amides is 1. The van der Waals surface area contributed by atoms with Crippen LogP contribution >= 0.6 is 11.3 Å². The SMILES string of the molecule is Cc1cccc(O[C@H](C)C(=O)OCC(=O)N(C)[C@H](C)c2nc3ccccc3s2)c1. The van der Waals surface area contributed by atoms with Gasteiger partial charge in [-0.2, -0.15) is 0 Å². The molecule has 7 heteroatoms. The molecule has 0 fully saturated rings. The molecule has 0 radical (unpaired) electrons. The molecule has 1 aromatic heterocycles. The molecular formula is C22H24N2O4S. The Kier molecular flexibility index (Phi) is 6.49. The molecule has 0 aliphatic heterocycles. The number of carbonyl (C=O) groups is 2. The molecule has 0 N–H and O–H groups in total. The van der Waals surface area contributed by atoms with Gasteiger partial charge in [0.2, 0.25) is 0 Å². The van der Waals surface area contributed by atoms with Gasteiger partial charge in [-0.15, -0.1) is 11.3 Å². The standard InChI is InChI=1S/C22H24N2O4S/c1-14-8-7-9-17(12-14)28-16(3)22(26)27-13-20(25)24(4)15(2)21-23-18-10-5-6-11-19(18)29-21/h5-12,15-16H,13H2,1-4H3/t15-,16-/m1/s1. The first-order chi connectivity index (χ1) is 13.8. The molecule has 152 valence electrons. The summed E-state index contributed by atoms with van der Waals surface area (Å²) in [6.07, 6.45) is -0.809. The van der Waals surface area contributed by atoms with E-state index in [4.69, 9.17) is 9.47 Å². The molecule has 29 heavy (non-hydrogen) atoms. The molecule has 2 atom stereocenters. The highest BCUT2D eigenvalue weighted by Gasteiger charge is 2.23. The third-order valence-corrected chi connectivity index (χ3v) is 5.82. The highest BCUT2D eigenvalue weighted by atomic mass is 32.1. The van der Waals surface area contributed by atoms with E-state index in [1.54, 1.807) is 31.4 Å². The van der Waals surface area contributed by atoms with Crippen LogP contribution in [0.3, 0.4) is 0 Å². The van der Waals surface area contributed by atoms with Crippen LogP contribution in [0.5, 0.6) is 5.75 Å². The Hall–Kier alpha value is -2.93. The molecule has 2 aromatic carbocycles. The summed E-state index contributed by atoms with van der Waals surface area (Å²) in [5, 5.41) is 0.838. The Morgan fingerprint density at radius 3 is 2.62 bits per heavy atom. The average Bonchev–Trinajstić information content (AvgIpc) is 3.14. The van der Waals surface area contributed by atoms with Crippen LogP contribution in [0.15, 0.2) is 48.5 Å². The number of hydrogen-bond acceptors (Lipinski definition) is 6. The number of aryl methyl sites for hydroxylation is 1. The summed E-state index contributed by atoms with van der Waals surface area (Å²) >= 11 is 1.55. The molecule has 1 amide bonds. The maximum atomic E-state index is 12.5. The first-order valence-electron chi connectivity index (χ1n) is 9.36. The van der Waals surface area contributed by atoms with Gasteiger partial charge in [0.15, 0.2) is 12.7 Å². The highest BCUT2D eigenvalue weighted by molar-refractivity contribution is 7.18. The molecule has 0 aliphatic carbocycles. The van der Waals surface area contributed by atoms with Crippen molar-refractivity contribution in [3.05, 3.63) is 59.1 Å². The zero-order chi connectivity index (χ0) is 21.0. The molecule has 0 spiro atoms. The van der Waals surface area contributed by atoms with E-state index < -0.39 is 12.1 Å². The second kappa shape index (κ2) is 9.05. The number of esters is 1. The second-order valence-corrected chi connectivity index (χ2v) is 7.95. The van der Waals surface area contributed by atoms with Gasteiger partial charge in [-0.3, -0.25) is 4.79 Å². The summed E-state index contributed by atoms with van der Waals surface area (Å²) in [5.74, 6) is -0.295. The monoisotopic (exact) mass is 412 g/mol. The number of nitrogens with zero attached hydrogens (tertiary/aromatic N) is 2. The molecule has 3 aromatic rings. The summed E-state index contributed by atoms with van der Waals surface area (Å²) in [7, 11) is 1.68. The van der Waals surface area contributed by atoms with E-state index in [0.717, 1.165) is 20.8 Å². The van der Waals surface area contributed by atoms with Crippen LogP contribution in [-0.4, -0.2) is 41.5 Å². The first kappa shape index (κ1) is 20.8. The Balaban J connectivity index is 1.54. The third kappa shape index (κ3) is 5.12. The van der Waals surface area contributed by atoms with Crippen LogP contribution in [0, 0.1) is 6.92 Å². The quantitative estimate of drug-likeness (QED) is 0.546. The summed E-state index contributed by atoms with van der Waals surface area (Å²) in [5.41, 5.74) is 1.94. The van der Waals surface area contributed by atoms with Crippen molar-refractivity contribution in [2.75, 3.05) is 13.7 Å². The van der Waals surface area contributed by atoms with Crippen LogP contribution in [0.25, 0.3) is 10.2 Å². The largest absolute Gasteiger partial charge is 0.479 e. The summed E-state index contributed by atoms with van der Waals surface area (Å²) < 4.78 is 11.8. The van der Waals surface area contributed by atoms with Gasteiger partial charge in [-0.1, -0.05) is 24.3 Å². The van der Waals surface area contributed by atoms with Crippen molar-refractivity contribution in [1.29, 1.82) is 0 Å². The molecule has 0 unspecified atom stereocenters. The van der Waals surface area contributed by atoms with E-state index in [-0.39, 0.29) is 18.6 Å². The summed E-state index contributed by atoms with van der Waals surface area (Å²) in [4.78, 5) is 30.8. The fourth-order valence-electron chi connectivity index (χ4n) is 2.74. The maximum absolute atomic E-state index is 12.5. The van der Waals surface area contributed by atoms with E-state index in [1.165, 1.54) is 4.90 Å². The van der Waals surface area contributed by atoms with Crippen LogP contribution in [-0.2, 0) is 14.3 Å². The van der Waals surface area contributed by atoms with E-state index in [9.17, 15) is 9.59 Å². The van der Waals surface area contributed by atoms with Crippen molar-refractivity contribution in [2.45, 2.75) is 32.9 Å². The Morgan fingerprint density at radius 2 is 1.90 bits per heavy atom. The van der Waals surface area contributed by atoms with Crippen molar-refractivity contribution < 1.29 is 19.1 Å². The fraction of sp³-hybridized carbons (Fsp3) is 0.318. The van der Waals surface area contributed by atoms with E-state index >= 15 is 0 Å². The molecule has 6 nitrogen and oxygen atoms in total. The molecule has 1 heterocycles. The number of likely N-dealkylation sites (N-methyl/N-ethyl adjacent to an activating group) is 1. The Morgan fingerprint density at radius 1 is 1.14 bits per heavy atom. The number of hydrogen-bond donors (Lipinski definition) is 0. The molecule has 3 rings (SSSR count). The Bertz CT molecular complexity index is 984. The minimum absolute atomic E-state index is 0.223. The fourth-order valence-corrected chi connectivity index (χ4v) is 3.81. The smallest absolute Gasteiger partial charge is 0.347 e. The predicted octanol–water partition coefficient (Wildman–Crippen LogP) is 4.13. The molecular weight excluding hydrogens is 388 g/mol. The minimum Gasteiger partial charge on any atom is -0.479 e. The van der Waals surface area contributed by atoms with Crippen molar-refractivity contribution in [3.8, 4) is 5.75 Å². The lowest BCUT2D eigenvalue weighted by Crippen LogP contribution is -2.35. The number of para-hydroxylation sites is 1. The van der Waals surface area contributed by atoms with Crippen LogP contribution in [0.4, 0.5) is 0 Å². The predicted molar refractivity (Wildman–Crippen MR) is 113 cm³/mol. The van der Waals surface area contributed by atoms with E-state index in [2.05, 4.69) is 4.98 Å². The molecule has 0 saturated heterocycles. The minimum atomic E-state index is -0.809. The summed E-state index contributed by atoms with van der Waals surface area (Å²) in [6.45, 7) is 5.10. The number of fused-ring (bicyclic) bond motifs is 1. The lowest BCUT2D eigenvalue weighted by Gasteiger charge is -2.23. The van der Waals surface area contributed by atoms with Gasteiger partial charge in [0, 0.05) is 7.05 Å².